The van der Waals surface area contributed by atoms with Crippen molar-refractivity contribution < 1.29 is 37.1 Å². The Hall–Kier alpha value is 1.03. The van der Waals surface area contributed by atoms with E-state index in [0.717, 1.165) is 12.8 Å². The van der Waals surface area contributed by atoms with E-state index < -0.39 is 0 Å². The van der Waals surface area contributed by atoms with Crippen LogP contribution < -0.4 is 0 Å². The molecule has 0 spiro atoms. The third kappa shape index (κ3) is 11.0. The van der Waals surface area contributed by atoms with Gasteiger partial charge in [0, 0.05) is 32.7 Å². The smallest absolute Gasteiger partial charge is 0 e. The van der Waals surface area contributed by atoms with E-state index in [4.69, 9.17) is 0 Å². The van der Waals surface area contributed by atoms with Crippen LogP contribution in [0.2, 0.25) is 0 Å². The summed E-state index contributed by atoms with van der Waals surface area (Å²) < 4.78 is 11.1. The van der Waals surface area contributed by atoms with Gasteiger partial charge in [0.25, 0.3) is 0 Å². The SMILES string of the molecule is CCC[CH-]CF.[Y]. The summed E-state index contributed by atoms with van der Waals surface area (Å²) >= 11 is 0. The van der Waals surface area contributed by atoms with Crippen LogP contribution in [0.5, 0.6) is 0 Å². The fourth-order valence-corrected chi connectivity index (χ4v) is 0.281. The van der Waals surface area contributed by atoms with Gasteiger partial charge in [0.15, 0.2) is 0 Å². The van der Waals surface area contributed by atoms with E-state index in [9.17, 15) is 4.39 Å². The van der Waals surface area contributed by atoms with Crippen LogP contribution in [0.25, 0.3) is 0 Å². The third-order valence-electron chi connectivity index (χ3n) is 0.602. The van der Waals surface area contributed by atoms with Crippen molar-refractivity contribution in [1.82, 2.24) is 0 Å². The fourth-order valence-electron chi connectivity index (χ4n) is 0.281. The van der Waals surface area contributed by atoms with E-state index >= 15 is 0 Å². The predicted octanol–water partition coefficient (Wildman–Crippen LogP) is 1.96. The monoisotopic (exact) mass is 178 g/mol. The first-order valence-electron chi connectivity index (χ1n) is 2.29. The van der Waals surface area contributed by atoms with E-state index in [1.54, 1.807) is 6.42 Å². The second-order valence-electron chi connectivity index (χ2n) is 1.23. The van der Waals surface area contributed by atoms with Gasteiger partial charge in [0.05, 0.1) is 0 Å². The van der Waals surface area contributed by atoms with Gasteiger partial charge in [-0.3, -0.25) is 10.8 Å². The molecule has 0 unspecified atom stereocenters. The summed E-state index contributed by atoms with van der Waals surface area (Å²) in [4.78, 5) is 0. The first kappa shape index (κ1) is 10.9. The zero-order valence-electron chi connectivity index (χ0n) is 4.65. The van der Waals surface area contributed by atoms with Gasteiger partial charge in [-0.05, 0) is 6.67 Å². The first-order valence-corrected chi connectivity index (χ1v) is 2.29. The van der Waals surface area contributed by atoms with Crippen molar-refractivity contribution >= 4 is 0 Å². The molecule has 0 rings (SSSR count). The molecule has 7 heavy (non-hydrogen) atoms. The molecule has 2 heteroatoms. The molecule has 41 valence electrons. The zero-order chi connectivity index (χ0) is 4.83. The Morgan fingerprint density at radius 2 is 2.14 bits per heavy atom. The van der Waals surface area contributed by atoms with Crippen LogP contribution in [0.1, 0.15) is 19.8 Å². The van der Waals surface area contributed by atoms with Crippen LogP contribution in [-0.2, 0) is 32.7 Å². The first-order chi connectivity index (χ1) is 2.91. The van der Waals surface area contributed by atoms with Crippen molar-refractivity contribution in [3.05, 3.63) is 6.42 Å². The van der Waals surface area contributed by atoms with Crippen LogP contribution in [0, 0.1) is 6.42 Å². The number of unbranched alkanes of at least 4 members (excludes halogenated alkanes) is 2. The summed E-state index contributed by atoms with van der Waals surface area (Å²) in [5.41, 5.74) is 0. The summed E-state index contributed by atoms with van der Waals surface area (Å²) in [5, 5.41) is 0. The van der Waals surface area contributed by atoms with Crippen LogP contribution in [0.4, 0.5) is 4.39 Å². The van der Waals surface area contributed by atoms with Gasteiger partial charge >= 0.3 is 0 Å². The fraction of sp³-hybridized carbons (Fsp3) is 0.800. The number of hydrogen-bond donors (Lipinski definition) is 0. The summed E-state index contributed by atoms with van der Waals surface area (Å²) in [5.74, 6) is 0. The van der Waals surface area contributed by atoms with Crippen molar-refractivity contribution in [3.8, 4) is 0 Å². The van der Waals surface area contributed by atoms with Crippen LogP contribution in [0.15, 0.2) is 0 Å². The Kier molecular flexibility index (Phi) is 15.8. The number of hydrogen-bond acceptors (Lipinski definition) is 0. The maximum absolute atomic E-state index is 11.1. The molecule has 0 atom stereocenters. The van der Waals surface area contributed by atoms with Gasteiger partial charge in [0.1, 0.15) is 0 Å². The Balaban J connectivity index is 0. The van der Waals surface area contributed by atoms with Crippen molar-refractivity contribution in [1.29, 1.82) is 0 Å². The molecular formula is C5H10FY-. The second kappa shape index (κ2) is 10.1. The predicted molar refractivity (Wildman–Crippen MR) is 25.2 cm³/mol. The van der Waals surface area contributed by atoms with Gasteiger partial charge in [-0.1, -0.05) is 13.3 Å². The van der Waals surface area contributed by atoms with Crippen LogP contribution in [-0.4, -0.2) is 6.67 Å². The molecule has 1 radical (unpaired) electrons. The van der Waals surface area contributed by atoms with E-state index in [1.807, 2.05) is 6.92 Å². The Labute approximate surface area is 69.7 Å². The van der Waals surface area contributed by atoms with Crippen molar-refractivity contribution in [2.75, 3.05) is 6.67 Å². The molecule has 0 aliphatic rings. The standard InChI is InChI=1S/C5H10F.Y/c1-2-3-4-5-6;/h4H,2-3,5H2,1H3;/q-1;. The summed E-state index contributed by atoms with van der Waals surface area (Å²) in [7, 11) is 0. The third-order valence-corrected chi connectivity index (χ3v) is 0.602. The molecule has 0 aromatic heterocycles. The quantitative estimate of drug-likeness (QED) is 0.457. The maximum atomic E-state index is 11.1. The summed E-state index contributed by atoms with van der Waals surface area (Å²) in [6, 6.07) is 0. The van der Waals surface area contributed by atoms with E-state index in [2.05, 4.69) is 0 Å². The molecule has 0 aromatic carbocycles. The Bertz CT molecular complexity index is 20.0. The van der Waals surface area contributed by atoms with Crippen molar-refractivity contribution in [2.24, 2.45) is 0 Å². The van der Waals surface area contributed by atoms with Crippen molar-refractivity contribution in [3.63, 3.8) is 0 Å². The molecule has 0 fully saturated rings. The minimum Gasteiger partial charge on any atom is -0.298 e. The van der Waals surface area contributed by atoms with E-state index in [-0.39, 0.29) is 39.4 Å². The maximum Gasteiger partial charge on any atom is 0 e. The second-order valence-corrected chi connectivity index (χ2v) is 1.23. The van der Waals surface area contributed by atoms with Gasteiger partial charge in [-0.15, -0.1) is 0 Å². The topological polar surface area (TPSA) is 0 Å². The molecule has 0 saturated carbocycles. The zero-order valence-corrected chi connectivity index (χ0v) is 7.49. The molecular weight excluding hydrogens is 168 g/mol. The van der Waals surface area contributed by atoms with Crippen LogP contribution >= 0.6 is 0 Å². The number of rotatable bonds is 3. The molecule has 0 amide bonds. The normalized spacial score (nSPS) is 7.71. The van der Waals surface area contributed by atoms with Gasteiger partial charge in [-0.2, -0.15) is 6.42 Å². The van der Waals surface area contributed by atoms with E-state index in [0.29, 0.717) is 0 Å². The average molecular weight is 178 g/mol. The Morgan fingerprint density at radius 1 is 1.57 bits per heavy atom. The van der Waals surface area contributed by atoms with Gasteiger partial charge in [0.2, 0.25) is 0 Å². The Morgan fingerprint density at radius 3 is 2.29 bits per heavy atom. The van der Waals surface area contributed by atoms with Crippen LogP contribution in [0.3, 0.4) is 0 Å². The molecule has 0 heterocycles. The summed E-state index contributed by atoms with van der Waals surface area (Å²) in [6.07, 6.45) is 3.61. The number of alkyl halides is 1. The van der Waals surface area contributed by atoms with Gasteiger partial charge < -0.3 is 0 Å². The minimum atomic E-state index is -0.270. The summed E-state index contributed by atoms with van der Waals surface area (Å²) in [6.45, 7) is 1.76. The van der Waals surface area contributed by atoms with Crippen molar-refractivity contribution in [2.45, 2.75) is 19.8 Å². The largest absolute Gasteiger partial charge is 0.298 e. The molecule has 0 nitrogen and oxygen atoms in total. The number of halogens is 1. The average Bonchev–Trinajstić information content (AvgIpc) is 1.61. The molecule has 0 saturated heterocycles. The molecule has 0 aromatic rings. The molecule has 0 bridgehead atoms. The molecule has 0 aliphatic heterocycles. The molecule has 0 aliphatic carbocycles. The minimum absolute atomic E-state index is 0. The van der Waals surface area contributed by atoms with E-state index in [1.165, 1.54) is 0 Å². The molecule has 0 N–H and O–H groups in total. The van der Waals surface area contributed by atoms with Gasteiger partial charge in [-0.25, -0.2) is 0 Å².